The maximum Gasteiger partial charge on any atom is 0.293 e. The van der Waals surface area contributed by atoms with E-state index < -0.39 is 11.1 Å². The molecule has 1 saturated heterocycles. The fraction of sp³-hybridized carbons (Fsp3) is 0.292. The minimum Gasteiger partial charge on any atom is -0.493 e. The molecule has 0 aliphatic carbocycles. The van der Waals surface area contributed by atoms with Crippen molar-refractivity contribution in [3.8, 4) is 17.2 Å². The van der Waals surface area contributed by atoms with E-state index in [1.54, 1.807) is 36.4 Å². The maximum absolute atomic E-state index is 13.7. The molecule has 2 aromatic rings. The normalized spacial score (nSPS) is 14.5. The molecule has 0 aromatic heterocycles. The van der Waals surface area contributed by atoms with Crippen LogP contribution < -0.4 is 19.5 Å². The van der Waals surface area contributed by atoms with Gasteiger partial charge in [0.2, 0.25) is 11.7 Å². The number of halogens is 1. The largest absolute Gasteiger partial charge is 0.493 e. The van der Waals surface area contributed by atoms with Crippen molar-refractivity contribution in [1.29, 1.82) is 0 Å². The van der Waals surface area contributed by atoms with Crippen molar-refractivity contribution in [2.45, 2.75) is 12.8 Å². The predicted octanol–water partition coefficient (Wildman–Crippen LogP) is 3.64. The third kappa shape index (κ3) is 5.88. The van der Waals surface area contributed by atoms with Crippen LogP contribution in [-0.4, -0.2) is 56.4 Å². The van der Waals surface area contributed by atoms with Gasteiger partial charge in [0.05, 0.1) is 26.2 Å². The minimum atomic E-state index is -0.454. The Balaban J connectivity index is 1.59. The number of methoxy groups -OCH3 is 3. The lowest BCUT2D eigenvalue weighted by Gasteiger charge is -2.13. The number of hydrogen-bond acceptors (Lipinski definition) is 7. The van der Waals surface area contributed by atoms with Gasteiger partial charge in [0.15, 0.2) is 11.5 Å². The van der Waals surface area contributed by atoms with Crippen LogP contribution in [0, 0.1) is 5.82 Å². The van der Waals surface area contributed by atoms with Crippen LogP contribution in [0.5, 0.6) is 17.2 Å². The van der Waals surface area contributed by atoms with E-state index in [2.05, 4.69) is 5.32 Å². The summed E-state index contributed by atoms with van der Waals surface area (Å²) >= 11 is 0.813. The Bertz CT molecular complexity index is 1100. The van der Waals surface area contributed by atoms with E-state index in [-0.39, 0.29) is 42.6 Å². The molecule has 3 rings (SSSR count). The Morgan fingerprint density at radius 2 is 1.76 bits per heavy atom. The molecule has 1 N–H and O–H groups in total. The van der Waals surface area contributed by atoms with Crippen LogP contribution in [0.1, 0.15) is 17.5 Å². The average Bonchev–Trinajstić information content (AvgIpc) is 3.10. The Kier molecular flexibility index (Phi) is 8.53. The zero-order valence-corrected chi connectivity index (χ0v) is 19.9. The number of ether oxygens (including phenoxy) is 3. The van der Waals surface area contributed by atoms with Crippen molar-refractivity contribution in [3.63, 3.8) is 0 Å². The number of nitrogens with one attached hydrogen (secondary N) is 1. The molecule has 8 nitrogen and oxygen atoms in total. The second-order valence-electron chi connectivity index (χ2n) is 7.23. The summed E-state index contributed by atoms with van der Waals surface area (Å²) in [7, 11) is 4.46. The highest BCUT2D eigenvalue weighted by Gasteiger charge is 2.34. The zero-order chi connectivity index (χ0) is 24.7. The number of aryl methyl sites for hydroxylation is 1. The van der Waals surface area contributed by atoms with Gasteiger partial charge in [0.25, 0.3) is 11.1 Å². The number of amides is 3. The van der Waals surface area contributed by atoms with Gasteiger partial charge in [-0.05, 0) is 53.6 Å². The first-order valence-electron chi connectivity index (χ1n) is 10.4. The van der Waals surface area contributed by atoms with Crippen LogP contribution in [0.4, 0.5) is 9.18 Å². The van der Waals surface area contributed by atoms with Crippen LogP contribution in [0.25, 0.3) is 6.08 Å². The summed E-state index contributed by atoms with van der Waals surface area (Å²) in [6.07, 6.45) is 1.93. The molecule has 0 unspecified atom stereocenters. The number of carbonyl (C=O) groups excluding carboxylic acids is 3. The Morgan fingerprint density at radius 3 is 2.38 bits per heavy atom. The molecule has 0 radical (unpaired) electrons. The second-order valence-corrected chi connectivity index (χ2v) is 8.23. The number of rotatable bonds is 10. The zero-order valence-electron chi connectivity index (χ0n) is 19.1. The molecule has 1 fully saturated rings. The average molecular weight is 489 g/mol. The molecular formula is C24H25FN2O6S. The summed E-state index contributed by atoms with van der Waals surface area (Å²) in [5.41, 5.74) is 1.06. The van der Waals surface area contributed by atoms with Gasteiger partial charge >= 0.3 is 0 Å². The molecule has 3 amide bonds. The van der Waals surface area contributed by atoms with Crippen LogP contribution in [0.2, 0.25) is 0 Å². The highest BCUT2D eigenvalue weighted by Crippen LogP contribution is 2.40. The van der Waals surface area contributed by atoms with Gasteiger partial charge in [-0.25, -0.2) is 4.39 Å². The Labute approximate surface area is 201 Å². The molecule has 180 valence electrons. The molecule has 1 aliphatic rings. The highest BCUT2D eigenvalue weighted by molar-refractivity contribution is 8.18. The number of benzene rings is 2. The number of nitrogens with zero attached hydrogens (tertiary/aromatic N) is 1. The van der Waals surface area contributed by atoms with E-state index in [9.17, 15) is 18.8 Å². The van der Waals surface area contributed by atoms with Gasteiger partial charge in [-0.1, -0.05) is 18.2 Å². The number of imide groups is 1. The van der Waals surface area contributed by atoms with Crippen molar-refractivity contribution in [2.75, 3.05) is 34.4 Å². The quantitative estimate of drug-likeness (QED) is 0.511. The fourth-order valence-electron chi connectivity index (χ4n) is 3.37. The smallest absolute Gasteiger partial charge is 0.293 e. The number of hydrogen-bond donors (Lipinski definition) is 1. The van der Waals surface area contributed by atoms with Crippen molar-refractivity contribution < 1.29 is 33.0 Å². The van der Waals surface area contributed by atoms with E-state index in [0.717, 1.165) is 16.7 Å². The molecule has 1 aliphatic heterocycles. The van der Waals surface area contributed by atoms with E-state index in [4.69, 9.17) is 14.2 Å². The first-order chi connectivity index (χ1) is 16.4. The molecule has 0 saturated carbocycles. The first-order valence-corrected chi connectivity index (χ1v) is 11.2. The highest BCUT2D eigenvalue weighted by atomic mass is 32.2. The summed E-state index contributed by atoms with van der Waals surface area (Å²) in [5.74, 6) is 0.163. The van der Waals surface area contributed by atoms with Crippen molar-refractivity contribution >= 4 is 34.9 Å². The molecule has 0 atom stereocenters. The van der Waals surface area contributed by atoms with Crippen molar-refractivity contribution in [2.24, 2.45) is 0 Å². The lowest BCUT2D eigenvalue weighted by Crippen LogP contribution is -2.37. The summed E-state index contributed by atoms with van der Waals surface area (Å²) in [6.45, 7) is 0.133. The van der Waals surface area contributed by atoms with E-state index in [0.29, 0.717) is 28.4 Å². The van der Waals surface area contributed by atoms with Crippen molar-refractivity contribution in [3.05, 3.63) is 58.2 Å². The summed E-state index contributed by atoms with van der Waals surface area (Å²) in [5, 5.41) is 2.24. The standard InChI is InChI=1S/C24H25FN2O6S/c1-31-18-12-15(13-19(32-2)22(18)33-3)14-20-23(29)27(24(30)34-20)11-10-26-21(28)9-8-16-6-4-5-7-17(16)25/h4-7,12-14H,8-11H2,1-3H3,(H,26,28)/b20-14-. The SMILES string of the molecule is COc1cc(/C=C2\SC(=O)N(CCNC(=O)CCc3ccccc3F)C2=O)cc(OC)c1OC. The predicted molar refractivity (Wildman–Crippen MR) is 127 cm³/mol. The van der Waals surface area contributed by atoms with E-state index in [1.165, 1.54) is 27.4 Å². The summed E-state index contributed by atoms with van der Waals surface area (Å²) in [6, 6.07) is 9.62. The second kappa shape index (κ2) is 11.6. The molecule has 1 heterocycles. The van der Waals surface area contributed by atoms with Crippen LogP contribution in [0.15, 0.2) is 41.3 Å². The molecule has 0 spiro atoms. The van der Waals surface area contributed by atoms with Crippen molar-refractivity contribution in [1.82, 2.24) is 10.2 Å². The minimum absolute atomic E-state index is 0.0305. The summed E-state index contributed by atoms with van der Waals surface area (Å²) < 4.78 is 29.6. The molecule has 2 aromatic carbocycles. The van der Waals surface area contributed by atoms with Crippen LogP contribution in [0.3, 0.4) is 0 Å². The third-order valence-electron chi connectivity index (χ3n) is 5.10. The number of carbonyl (C=O) groups is 3. The third-order valence-corrected chi connectivity index (χ3v) is 6.00. The van der Waals surface area contributed by atoms with Gasteiger partial charge in [0.1, 0.15) is 5.82 Å². The van der Waals surface area contributed by atoms with Gasteiger partial charge in [-0.15, -0.1) is 0 Å². The van der Waals surface area contributed by atoms with Gasteiger partial charge in [-0.3, -0.25) is 19.3 Å². The summed E-state index contributed by atoms with van der Waals surface area (Å²) in [4.78, 5) is 38.5. The van der Waals surface area contributed by atoms with Gasteiger partial charge in [-0.2, -0.15) is 0 Å². The van der Waals surface area contributed by atoms with Gasteiger partial charge in [0, 0.05) is 19.5 Å². The molecule has 10 heteroatoms. The molecule has 34 heavy (non-hydrogen) atoms. The molecule has 0 bridgehead atoms. The lowest BCUT2D eigenvalue weighted by molar-refractivity contribution is -0.124. The van der Waals surface area contributed by atoms with Crippen LogP contribution >= 0.6 is 11.8 Å². The Morgan fingerprint density at radius 1 is 1.09 bits per heavy atom. The number of thioether (sulfide) groups is 1. The lowest BCUT2D eigenvalue weighted by atomic mass is 10.1. The fourth-order valence-corrected chi connectivity index (χ4v) is 4.24. The Hall–Kier alpha value is -3.53. The monoisotopic (exact) mass is 488 g/mol. The van der Waals surface area contributed by atoms with E-state index >= 15 is 0 Å². The van der Waals surface area contributed by atoms with Crippen LogP contribution in [-0.2, 0) is 16.0 Å². The van der Waals surface area contributed by atoms with Gasteiger partial charge < -0.3 is 19.5 Å². The van der Waals surface area contributed by atoms with E-state index in [1.807, 2.05) is 0 Å². The topological polar surface area (TPSA) is 94.2 Å². The first kappa shape index (κ1) is 25.1. The maximum atomic E-state index is 13.7. The molecular weight excluding hydrogens is 463 g/mol.